The second-order valence-corrected chi connectivity index (χ2v) is 7.64. The average Bonchev–Trinajstić information content (AvgIpc) is 2.27. The van der Waals surface area contributed by atoms with Crippen molar-refractivity contribution in [2.45, 2.75) is 13.8 Å². The van der Waals surface area contributed by atoms with Crippen LogP contribution in [-0.4, -0.2) is 23.9 Å². The lowest BCUT2D eigenvalue weighted by molar-refractivity contribution is 0.393. The number of nitrogens with zero attached hydrogens (tertiary/aromatic N) is 1. The molecule has 3 heteroatoms. The van der Waals surface area contributed by atoms with E-state index < -0.39 is 10.0 Å². The van der Waals surface area contributed by atoms with Crippen molar-refractivity contribution >= 4 is 10.0 Å². The van der Waals surface area contributed by atoms with Crippen molar-refractivity contribution in [3.8, 4) is 11.2 Å². The second-order valence-electron chi connectivity index (χ2n) is 3.76. The van der Waals surface area contributed by atoms with Crippen molar-refractivity contribution in [1.82, 2.24) is 5.16 Å². The molecule has 0 aliphatic rings. The molecule has 2 nitrogen and oxygen atoms in total. The molecule has 0 aliphatic heterocycles. The normalized spacial score (nSPS) is 12.1. The molecule has 0 aromatic carbocycles. The second kappa shape index (κ2) is 3.47. The molecule has 0 fully saturated rings. The number of hydrogen-bond donors (Lipinski definition) is 0. The number of rotatable bonds is 0. The maximum Gasteiger partial charge on any atom is 0.149 e. The minimum absolute atomic E-state index is 0.764. The average molecular weight is 197 g/mol. The molecule has 72 valence electrons. The molecule has 0 saturated heterocycles. The first-order chi connectivity index (χ1) is 5.90. The summed E-state index contributed by atoms with van der Waals surface area (Å²) in [5.41, 5.74) is 1.83. The molecule has 0 amide bonds. The number of hydrogen-bond acceptors (Lipinski definition) is 2. The first kappa shape index (κ1) is 10.2. The van der Waals surface area contributed by atoms with Crippen LogP contribution in [0.2, 0.25) is 0 Å². The third-order valence-electron chi connectivity index (χ3n) is 1.52. The summed E-state index contributed by atoms with van der Waals surface area (Å²) in [5.74, 6) is 3.95. The van der Waals surface area contributed by atoms with Crippen LogP contribution in [0.15, 0.2) is 4.52 Å². The maximum absolute atomic E-state index is 5.02. The van der Waals surface area contributed by atoms with Gasteiger partial charge in [0.25, 0.3) is 0 Å². The first-order valence-corrected chi connectivity index (χ1v) is 6.90. The van der Waals surface area contributed by atoms with Gasteiger partial charge in [-0.3, -0.25) is 0 Å². The van der Waals surface area contributed by atoms with Crippen LogP contribution < -0.4 is 0 Å². The quantitative estimate of drug-likeness (QED) is 0.596. The van der Waals surface area contributed by atoms with E-state index in [2.05, 4.69) is 35.1 Å². The summed E-state index contributed by atoms with van der Waals surface area (Å²) in [6.07, 6.45) is 6.49. The Morgan fingerprint density at radius 1 is 1.23 bits per heavy atom. The van der Waals surface area contributed by atoms with E-state index in [-0.39, 0.29) is 0 Å². The Kier molecular flexibility index (Phi) is 2.72. The molecule has 0 saturated carbocycles. The van der Waals surface area contributed by atoms with Gasteiger partial charge >= 0.3 is 0 Å². The lowest BCUT2D eigenvalue weighted by Gasteiger charge is -2.14. The standard InChI is InChI=1S/C10H15NOS/c1-8-10(9(2)12-11-8)6-7-13(3,4)5/h1-5H3. The molecule has 0 radical (unpaired) electrons. The Hall–Kier alpha value is -0.880. The van der Waals surface area contributed by atoms with E-state index in [4.69, 9.17) is 4.52 Å². The predicted octanol–water partition coefficient (Wildman–Crippen LogP) is 2.29. The summed E-state index contributed by atoms with van der Waals surface area (Å²) >= 11 is 0. The monoisotopic (exact) mass is 197 g/mol. The molecule has 0 N–H and O–H groups in total. The largest absolute Gasteiger partial charge is 0.360 e. The molecule has 0 aliphatic carbocycles. The Morgan fingerprint density at radius 2 is 1.85 bits per heavy atom. The Labute approximate surface area is 81.0 Å². The van der Waals surface area contributed by atoms with Gasteiger partial charge in [0.05, 0.1) is 11.3 Å². The van der Waals surface area contributed by atoms with Gasteiger partial charge in [-0.2, -0.15) is 10.0 Å². The van der Waals surface area contributed by atoms with Gasteiger partial charge < -0.3 is 4.52 Å². The van der Waals surface area contributed by atoms with Crippen LogP contribution in [-0.2, 0) is 0 Å². The number of aromatic nitrogens is 1. The van der Waals surface area contributed by atoms with E-state index in [0.717, 1.165) is 17.0 Å². The van der Waals surface area contributed by atoms with E-state index in [9.17, 15) is 0 Å². The lowest BCUT2D eigenvalue weighted by atomic mass is 10.2. The highest BCUT2D eigenvalue weighted by Gasteiger charge is 2.05. The number of aryl methyl sites for hydroxylation is 2. The Morgan fingerprint density at radius 3 is 2.23 bits per heavy atom. The van der Waals surface area contributed by atoms with Gasteiger partial charge in [-0.05, 0) is 37.9 Å². The van der Waals surface area contributed by atoms with Crippen LogP contribution in [0.25, 0.3) is 0 Å². The minimum atomic E-state index is -0.764. The molecule has 0 unspecified atom stereocenters. The van der Waals surface area contributed by atoms with Gasteiger partial charge in [0.2, 0.25) is 0 Å². The van der Waals surface area contributed by atoms with Crippen molar-refractivity contribution in [3.63, 3.8) is 0 Å². The molecular weight excluding hydrogens is 182 g/mol. The van der Waals surface area contributed by atoms with Crippen LogP contribution in [0.4, 0.5) is 0 Å². The summed E-state index contributed by atoms with van der Waals surface area (Å²) in [5, 5.41) is 7.09. The van der Waals surface area contributed by atoms with Crippen molar-refractivity contribution in [2.75, 3.05) is 18.8 Å². The molecule has 13 heavy (non-hydrogen) atoms. The van der Waals surface area contributed by atoms with E-state index in [1.807, 2.05) is 13.8 Å². The highest BCUT2D eigenvalue weighted by molar-refractivity contribution is 8.35. The van der Waals surface area contributed by atoms with E-state index in [1.54, 1.807) is 0 Å². The molecular formula is C10H15NOS. The van der Waals surface area contributed by atoms with Gasteiger partial charge in [0.1, 0.15) is 5.76 Å². The van der Waals surface area contributed by atoms with Gasteiger partial charge in [-0.25, -0.2) is 0 Å². The predicted molar refractivity (Wildman–Crippen MR) is 58.2 cm³/mol. The van der Waals surface area contributed by atoms with E-state index >= 15 is 0 Å². The van der Waals surface area contributed by atoms with Gasteiger partial charge in [-0.15, -0.1) is 0 Å². The smallest absolute Gasteiger partial charge is 0.149 e. The fraction of sp³-hybridized carbons (Fsp3) is 0.500. The molecule has 0 bridgehead atoms. The first-order valence-electron chi connectivity index (χ1n) is 4.04. The fourth-order valence-corrected chi connectivity index (χ4v) is 1.27. The third kappa shape index (κ3) is 2.82. The Balaban J connectivity index is 3.02. The summed E-state index contributed by atoms with van der Waals surface area (Å²) in [6.45, 7) is 3.81. The third-order valence-corrected chi connectivity index (χ3v) is 2.23. The van der Waals surface area contributed by atoms with Gasteiger partial charge in [-0.1, -0.05) is 11.1 Å². The molecule has 0 atom stereocenters. The summed E-state index contributed by atoms with van der Waals surface area (Å²) in [4.78, 5) is 0. The van der Waals surface area contributed by atoms with Crippen LogP contribution in [0.1, 0.15) is 17.0 Å². The van der Waals surface area contributed by atoms with Crippen molar-refractivity contribution in [3.05, 3.63) is 17.0 Å². The SMILES string of the molecule is Cc1noc(C)c1C#CS(C)(C)C. The highest BCUT2D eigenvalue weighted by atomic mass is 32.3. The van der Waals surface area contributed by atoms with E-state index in [1.165, 1.54) is 0 Å². The zero-order chi connectivity index (χ0) is 10.1. The summed E-state index contributed by atoms with van der Waals surface area (Å²) in [7, 11) is -0.764. The van der Waals surface area contributed by atoms with E-state index in [0.29, 0.717) is 0 Å². The van der Waals surface area contributed by atoms with Crippen LogP contribution >= 0.6 is 10.0 Å². The Bertz CT molecular complexity index is 343. The van der Waals surface area contributed by atoms with Gasteiger partial charge in [0.15, 0.2) is 0 Å². The fourth-order valence-electron chi connectivity index (χ4n) is 0.866. The highest BCUT2D eigenvalue weighted by Crippen LogP contribution is 2.32. The summed E-state index contributed by atoms with van der Waals surface area (Å²) < 4.78 is 5.02. The van der Waals surface area contributed by atoms with Crippen LogP contribution in [0.3, 0.4) is 0 Å². The van der Waals surface area contributed by atoms with Crippen molar-refractivity contribution in [2.24, 2.45) is 0 Å². The molecule has 1 heterocycles. The topological polar surface area (TPSA) is 26.0 Å². The minimum Gasteiger partial charge on any atom is -0.360 e. The van der Waals surface area contributed by atoms with Crippen molar-refractivity contribution in [1.29, 1.82) is 0 Å². The molecule has 1 aromatic heterocycles. The van der Waals surface area contributed by atoms with Crippen LogP contribution in [0, 0.1) is 25.0 Å². The molecule has 0 spiro atoms. The summed E-state index contributed by atoms with van der Waals surface area (Å²) in [6, 6.07) is 0. The zero-order valence-electron chi connectivity index (χ0n) is 8.76. The lowest BCUT2D eigenvalue weighted by Crippen LogP contribution is -1.86. The molecule has 1 aromatic rings. The van der Waals surface area contributed by atoms with Crippen LogP contribution in [0.5, 0.6) is 0 Å². The van der Waals surface area contributed by atoms with Crippen molar-refractivity contribution < 1.29 is 4.52 Å². The maximum atomic E-state index is 5.02. The zero-order valence-corrected chi connectivity index (χ0v) is 9.58. The van der Waals surface area contributed by atoms with Gasteiger partial charge in [0, 0.05) is 0 Å². The molecule has 1 rings (SSSR count).